The number of benzene rings is 2. The Balaban J connectivity index is 1.48. The fourth-order valence-electron chi connectivity index (χ4n) is 3.59. The van der Waals surface area contributed by atoms with Crippen molar-refractivity contribution in [1.82, 2.24) is 0 Å². The highest BCUT2D eigenvalue weighted by atomic mass is 16.8. The molecule has 0 spiro atoms. The Kier molecular flexibility index (Phi) is 6.71. The van der Waals surface area contributed by atoms with Crippen molar-refractivity contribution in [3.8, 4) is 0 Å². The zero-order valence-corrected chi connectivity index (χ0v) is 16.1. The van der Waals surface area contributed by atoms with E-state index in [0.717, 1.165) is 11.1 Å². The number of ether oxygens (including phenoxy) is 5. The molecule has 2 saturated heterocycles. The molecule has 2 aliphatic heterocycles. The summed E-state index contributed by atoms with van der Waals surface area (Å²) in [6.45, 7) is 4.58. The number of hydrogen-bond acceptors (Lipinski definition) is 6. The quantitative estimate of drug-likeness (QED) is 0.724. The van der Waals surface area contributed by atoms with E-state index in [9.17, 15) is 5.11 Å². The summed E-state index contributed by atoms with van der Waals surface area (Å²) in [5.74, 6) is 0. The Morgan fingerprint density at radius 2 is 1.72 bits per heavy atom. The average molecular weight is 398 g/mol. The normalized spacial score (nSPS) is 31.8. The minimum absolute atomic E-state index is 0.286. The fourth-order valence-corrected chi connectivity index (χ4v) is 3.59. The van der Waals surface area contributed by atoms with Gasteiger partial charge in [0.1, 0.15) is 24.4 Å². The second-order valence-corrected chi connectivity index (χ2v) is 7.09. The summed E-state index contributed by atoms with van der Waals surface area (Å²) in [5, 5.41) is 11.1. The van der Waals surface area contributed by atoms with E-state index in [2.05, 4.69) is 6.58 Å². The summed E-state index contributed by atoms with van der Waals surface area (Å²) >= 11 is 0. The Hall–Kier alpha value is -2.06. The van der Waals surface area contributed by atoms with Crippen molar-refractivity contribution in [3.63, 3.8) is 0 Å². The van der Waals surface area contributed by atoms with E-state index in [1.54, 1.807) is 6.08 Å². The topological polar surface area (TPSA) is 66.4 Å². The number of hydrogen-bond donors (Lipinski definition) is 1. The van der Waals surface area contributed by atoms with Crippen molar-refractivity contribution < 1.29 is 28.8 Å². The number of fused-ring (bicyclic) bond motifs is 1. The van der Waals surface area contributed by atoms with Crippen molar-refractivity contribution in [1.29, 1.82) is 0 Å². The van der Waals surface area contributed by atoms with Gasteiger partial charge in [0.2, 0.25) is 0 Å². The monoisotopic (exact) mass is 398 g/mol. The summed E-state index contributed by atoms with van der Waals surface area (Å²) in [6.07, 6.45) is -2.33. The molecule has 6 nitrogen and oxygen atoms in total. The predicted molar refractivity (Wildman–Crippen MR) is 106 cm³/mol. The van der Waals surface area contributed by atoms with Gasteiger partial charge in [-0.05, 0) is 5.56 Å². The van der Waals surface area contributed by atoms with Crippen molar-refractivity contribution in [2.45, 2.75) is 43.6 Å². The van der Waals surface area contributed by atoms with Gasteiger partial charge in [0.05, 0.1) is 19.8 Å². The van der Waals surface area contributed by atoms with Crippen LogP contribution in [-0.2, 0) is 30.3 Å². The van der Waals surface area contributed by atoms with Crippen LogP contribution in [0.3, 0.4) is 0 Å². The molecule has 1 N–H and O–H groups in total. The van der Waals surface area contributed by atoms with Gasteiger partial charge in [-0.2, -0.15) is 0 Å². The molecule has 0 bridgehead atoms. The molecule has 2 heterocycles. The maximum atomic E-state index is 11.1. The van der Waals surface area contributed by atoms with Crippen LogP contribution in [0.4, 0.5) is 0 Å². The van der Waals surface area contributed by atoms with E-state index in [1.165, 1.54) is 0 Å². The van der Waals surface area contributed by atoms with Gasteiger partial charge in [0.25, 0.3) is 0 Å². The van der Waals surface area contributed by atoms with Crippen LogP contribution in [0.2, 0.25) is 0 Å². The summed E-state index contributed by atoms with van der Waals surface area (Å²) in [7, 11) is 0. The molecular formula is C23H26O6. The Morgan fingerprint density at radius 3 is 2.45 bits per heavy atom. The number of aliphatic hydroxyl groups excluding tert-OH is 1. The predicted octanol–water partition coefficient (Wildman–Crippen LogP) is 2.97. The van der Waals surface area contributed by atoms with Crippen LogP contribution >= 0.6 is 0 Å². The maximum absolute atomic E-state index is 11.1. The summed E-state index contributed by atoms with van der Waals surface area (Å²) < 4.78 is 29.7. The van der Waals surface area contributed by atoms with Crippen LogP contribution in [-0.4, -0.2) is 49.0 Å². The van der Waals surface area contributed by atoms with Crippen LogP contribution in [0, 0.1) is 0 Å². The Bertz CT molecular complexity index is 767. The molecule has 2 aliphatic rings. The minimum atomic E-state index is -0.928. The van der Waals surface area contributed by atoms with Gasteiger partial charge < -0.3 is 28.8 Å². The first-order valence-corrected chi connectivity index (χ1v) is 9.80. The molecule has 2 fully saturated rings. The van der Waals surface area contributed by atoms with Gasteiger partial charge in [-0.3, -0.25) is 0 Å². The molecule has 0 radical (unpaired) electrons. The molecule has 0 amide bonds. The van der Waals surface area contributed by atoms with Crippen molar-refractivity contribution in [2.24, 2.45) is 0 Å². The number of aliphatic hydroxyl groups is 1. The molecule has 4 rings (SSSR count). The minimum Gasteiger partial charge on any atom is -0.387 e. The highest BCUT2D eigenvalue weighted by Gasteiger charge is 2.50. The van der Waals surface area contributed by atoms with Crippen LogP contribution in [0.5, 0.6) is 0 Å². The van der Waals surface area contributed by atoms with Crippen molar-refractivity contribution in [2.75, 3.05) is 13.2 Å². The van der Waals surface area contributed by atoms with Crippen molar-refractivity contribution >= 4 is 0 Å². The molecule has 2 aromatic carbocycles. The van der Waals surface area contributed by atoms with Crippen molar-refractivity contribution in [3.05, 3.63) is 84.4 Å². The van der Waals surface area contributed by atoms with Gasteiger partial charge in [-0.15, -0.1) is 6.58 Å². The lowest BCUT2D eigenvalue weighted by molar-refractivity contribution is -0.365. The third-order valence-electron chi connectivity index (χ3n) is 5.04. The first kappa shape index (κ1) is 20.2. The van der Waals surface area contributed by atoms with E-state index >= 15 is 0 Å². The van der Waals surface area contributed by atoms with E-state index in [1.807, 2.05) is 60.7 Å². The van der Waals surface area contributed by atoms with E-state index in [-0.39, 0.29) is 6.61 Å². The summed E-state index contributed by atoms with van der Waals surface area (Å²) in [4.78, 5) is 0. The van der Waals surface area contributed by atoms with Crippen LogP contribution < -0.4 is 0 Å². The molecule has 29 heavy (non-hydrogen) atoms. The average Bonchev–Trinajstić information content (AvgIpc) is 2.78. The SMILES string of the molecule is C=CCO[C@H]1O[C@@H]2CO[C@@H](c3ccccc3)O[C@H]2[C@H](O)[C@H]1OCc1ccccc1. The molecule has 2 aromatic rings. The lowest BCUT2D eigenvalue weighted by Gasteiger charge is -2.47. The fraction of sp³-hybridized carbons (Fsp3) is 0.391. The molecule has 0 unspecified atom stereocenters. The third-order valence-corrected chi connectivity index (χ3v) is 5.04. The first-order valence-electron chi connectivity index (χ1n) is 9.80. The smallest absolute Gasteiger partial charge is 0.187 e. The van der Waals surface area contributed by atoms with Gasteiger partial charge in [-0.25, -0.2) is 0 Å². The highest BCUT2D eigenvalue weighted by molar-refractivity contribution is 5.17. The van der Waals surface area contributed by atoms with E-state index in [0.29, 0.717) is 13.2 Å². The van der Waals surface area contributed by atoms with E-state index in [4.69, 9.17) is 23.7 Å². The van der Waals surface area contributed by atoms with Crippen LogP contribution in [0.15, 0.2) is 73.3 Å². The van der Waals surface area contributed by atoms with E-state index < -0.39 is 37.0 Å². The summed E-state index contributed by atoms with van der Waals surface area (Å²) in [5.41, 5.74) is 1.89. The molecule has 6 atom stereocenters. The molecule has 6 heteroatoms. The molecule has 154 valence electrons. The highest BCUT2D eigenvalue weighted by Crippen LogP contribution is 2.35. The zero-order valence-electron chi connectivity index (χ0n) is 16.1. The second-order valence-electron chi connectivity index (χ2n) is 7.09. The second kappa shape index (κ2) is 9.63. The van der Waals surface area contributed by atoms with Gasteiger partial charge in [0.15, 0.2) is 12.6 Å². The molecule has 0 aliphatic carbocycles. The van der Waals surface area contributed by atoms with Gasteiger partial charge in [-0.1, -0.05) is 66.7 Å². The zero-order chi connectivity index (χ0) is 20.1. The molecular weight excluding hydrogens is 372 g/mol. The van der Waals surface area contributed by atoms with Crippen LogP contribution in [0.1, 0.15) is 17.4 Å². The van der Waals surface area contributed by atoms with Gasteiger partial charge >= 0.3 is 0 Å². The third kappa shape index (κ3) is 4.75. The largest absolute Gasteiger partial charge is 0.387 e. The molecule has 0 aromatic heterocycles. The standard InChI is InChI=1S/C23H26O6/c1-2-13-25-23-21(26-14-16-9-5-3-6-10-16)19(24)20-18(28-23)15-27-22(29-20)17-11-7-4-8-12-17/h2-12,18-24H,1,13-15H2/t18-,19+,20-,21-,22-,23+/m1/s1. The summed E-state index contributed by atoms with van der Waals surface area (Å²) in [6, 6.07) is 19.4. The molecule has 0 saturated carbocycles. The van der Waals surface area contributed by atoms with Gasteiger partial charge in [0, 0.05) is 5.56 Å². The van der Waals surface area contributed by atoms with Crippen LogP contribution in [0.25, 0.3) is 0 Å². The first-order chi connectivity index (χ1) is 14.3. The lowest BCUT2D eigenvalue weighted by Crippen LogP contribution is -2.62. The Morgan fingerprint density at radius 1 is 1.00 bits per heavy atom. The lowest BCUT2D eigenvalue weighted by atomic mass is 9.97. The Labute approximate surface area is 170 Å². The maximum Gasteiger partial charge on any atom is 0.187 e. The number of rotatable bonds is 7.